The molecule has 1 aromatic carbocycles. The van der Waals surface area contributed by atoms with Crippen LogP contribution in [0.3, 0.4) is 0 Å². The number of hydrogen-bond donors (Lipinski definition) is 1. The molecule has 0 aliphatic rings. The first-order valence-corrected chi connectivity index (χ1v) is 9.96. The van der Waals surface area contributed by atoms with E-state index in [0.717, 1.165) is 27.4 Å². The van der Waals surface area contributed by atoms with Crippen LogP contribution in [0.4, 0.5) is 4.39 Å². The second-order valence-corrected chi connectivity index (χ2v) is 7.99. The molecular weight excluding hydrogens is 359 g/mol. The van der Waals surface area contributed by atoms with Crippen molar-refractivity contribution in [1.29, 1.82) is 0 Å². The van der Waals surface area contributed by atoms with Gasteiger partial charge < -0.3 is 9.72 Å². The number of rotatable bonds is 7. The predicted molar refractivity (Wildman–Crippen MR) is 102 cm³/mol. The normalized spacial score (nSPS) is 11.2. The van der Waals surface area contributed by atoms with Crippen LogP contribution in [-0.4, -0.2) is 22.3 Å². The van der Waals surface area contributed by atoms with Crippen molar-refractivity contribution in [2.45, 2.75) is 26.0 Å². The fraction of sp³-hybridized carbons (Fsp3) is 0.333. The van der Waals surface area contributed by atoms with Gasteiger partial charge in [-0.3, -0.25) is 4.79 Å². The summed E-state index contributed by atoms with van der Waals surface area (Å²) in [6.07, 6.45) is 0.867. The van der Waals surface area contributed by atoms with Gasteiger partial charge in [0.15, 0.2) is 0 Å². The Hall–Kier alpha value is -1.86. The molecule has 3 aromatic rings. The first-order valence-electron chi connectivity index (χ1n) is 7.99. The number of fused-ring (bicyclic) bond motifs is 1. The van der Waals surface area contributed by atoms with Gasteiger partial charge in [-0.25, -0.2) is 9.37 Å². The van der Waals surface area contributed by atoms with Gasteiger partial charge in [-0.15, -0.1) is 11.3 Å². The molecule has 0 amide bonds. The molecule has 4 nitrogen and oxygen atoms in total. The zero-order valence-corrected chi connectivity index (χ0v) is 15.7. The second kappa shape index (κ2) is 8.01. The Morgan fingerprint density at radius 2 is 2.04 bits per heavy atom. The lowest BCUT2D eigenvalue weighted by Crippen LogP contribution is -2.11. The summed E-state index contributed by atoms with van der Waals surface area (Å²) < 4.78 is 18.4. The highest BCUT2D eigenvalue weighted by Crippen LogP contribution is 2.26. The van der Waals surface area contributed by atoms with E-state index in [-0.39, 0.29) is 11.4 Å². The van der Waals surface area contributed by atoms with E-state index in [9.17, 15) is 9.18 Å². The number of halogens is 1. The molecular formula is C18H19FN2O2S2. The summed E-state index contributed by atoms with van der Waals surface area (Å²) in [5.41, 5.74) is 0.966. The molecule has 0 saturated heterocycles. The van der Waals surface area contributed by atoms with Gasteiger partial charge in [0.1, 0.15) is 22.2 Å². The zero-order valence-electron chi connectivity index (χ0n) is 14.1. The summed E-state index contributed by atoms with van der Waals surface area (Å²) in [6.45, 7) is 4.54. The van der Waals surface area contributed by atoms with Crippen LogP contribution in [0.2, 0.25) is 0 Å². The minimum atomic E-state index is -0.266. The van der Waals surface area contributed by atoms with Crippen molar-refractivity contribution in [1.82, 2.24) is 9.97 Å². The molecule has 0 unspecified atom stereocenters. The van der Waals surface area contributed by atoms with Crippen molar-refractivity contribution in [3.05, 3.63) is 56.7 Å². The number of aryl methyl sites for hydroxylation is 2. The third-order valence-electron chi connectivity index (χ3n) is 3.84. The first kappa shape index (κ1) is 17.9. The van der Waals surface area contributed by atoms with Crippen molar-refractivity contribution < 1.29 is 9.13 Å². The molecule has 3 rings (SSSR count). The first-order chi connectivity index (χ1) is 12.0. The topological polar surface area (TPSA) is 55.0 Å². The highest BCUT2D eigenvalue weighted by molar-refractivity contribution is 7.98. The maximum absolute atomic E-state index is 12.8. The van der Waals surface area contributed by atoms with Gasteiger partial charge in [0.2, 0.25) is 0 Å². The fourth-order valence-electron chi connectivity index (χ4n) is 2.42. The van der Waals surface area contributed by atoms with Crippen LogP contribution in [0.15, 0.2) is 29.1 Å². The van der Waals surface area contributed by atoms with E-state index in [1.807, 2.05) is 13.8 Å². The quantitative estimate of drug-likeness (QED) is 0.618. The van der Waals surface area contributed by atoms with Gasteiger partial charge >= 0.3 is 0 Å². The number of H-pyrrole nitrogens is 1. The van der Waals surface area contributed by atoms with E-state index in [4.69, 9.17) is 4.74 Å². The van der Waals surface area contributed by atoms with Gasteiger partial charge in [-0.2, -0.15) is 11.8 Å². The van der Waals surface area contributed by atoms with Crippen LogP contribution in [0.1, 0.15) is 22.7 Å². The van der Waals surface area contributed by atoms with E-state index >= 15 is 0 Å². The minimum absolute atomic E-state index is 0.0536. The molecule has 0 atom stereocenters. The monoisotopic (exact) mass is 378 g/mol. The molecule has 2 aromatic heterocycles. The number of aromatic nitrogens is 2. The summed E-state index contributed by atoms with van der Waals surface area (Å²) >= 11 is 3.27. The van der Waals surface area contributed by atoms with Gasteiger partial charge in [-0.05, 0) is 55.9 Å². The van der Waals surface area contributed by atoms with Crippen molar-refractivity contribution in [3.63, 3.8) is 0 Å². The van der Waals surface area contributed by atoms with Crippen molar-refractivity contribution in [2.75, 3.05) is 12.4 Å². The molecule has 0 saturated carbocycles. The molecule has 2 heterocycles. The Kier molecular flexibility index (Phi) is 5.75. The molecule has 7 heteroatoms. The summed E-state index contributed by atoms with van der Waals surface area (Å²) in [5, 5.41) is 0.712. The molecule has 1 N–H and O–H groups in total. The van der Waals surface area contributed by atoms with E-state index in [1.165, 1.54) is 12.1 Å². The lowest BCUT2D eigenvalue weighted by molar-refractivity contribution is 0.318. The number of nitrogens with one attached hydrogen (secondary N) is 1. The zero-order chi connectivity index (χ0) is 17.8. The average molecular weight is 378 g/mol. The Bertz CT molecular complexity index is 919. The summed E-state index contributed by atoms with van der Waals surface area (Å²) in [4.78, 5) is 21.6. The van der Waals surface area contributed by atoms with E-state index in [1.54, 1.807) is 35.2 Å². The molecule has 0 spiro atoms. The number of nitrogens with zero attached hydrogens (tertiary/aromatic N) is 1. The van der Waals surface area contributed by atoms with Crippen molar-refractivity contribution >= 4 is 33.3 Å². The number of ether oxygens (including phenoxy) is 1. The molecule has 0 aliphatic heterocycles. The maximum Gasteiger partial charge on any atom is 0.259 e. The highest BCUT2D eigenvalue weighted by Gasteiger charge is 2.11. The summed E-state index contributed by atoms with van der Waals surface area (Å²) in [5.74, 6) is 2.68. The number of thiophene rings is 1. The van der Waals surface area contributed by atoms with Gasteiger partial charge in [-0.1, -0.05) is 0 Å². The Labute approximate surface area is 153 Å². The lowest BCUT2D eigenvalue weighted by atomic mass is 10.2. The summed E-state index contributed by atoms with van der Waals surface area (Å²) in [6, 6.07) is 6.02. The molecule has 0 bridgehead atoms. The second-order valence-electron chi connectivity index (χ2n) is 5.68. The Balaban J connectivity index is 1.47. The van der Waals surface area contributed by atoms with Crippen LogP contribution in [0, 0.1) is 19.7 Å². The van der Waals surface area contributed by atoms with E-state index in [2.05, 4.69) is 9.97 Å². The number of aromatic amines is 1. The van der Waals surface area contributed by atoms with Crippen molar-refractivity contribution in [2.24, 2.45) is 0 Å². The molecule has 0 aliphatic carbocycles. The van der Waals surface area contributed by atoms with Gasteiger partial charge in [0.05, 0.1) is 17.7 Å². The Morgan fingerprint density at radius 1 is 1.28 bits per heavy atom. The third-order valence-corrected chi connectivity index (χ3v) is 6.00. The van der Waals surface area contributed by atoms with Crippen LogP contribution >= 0.6 is 23.1 Å². The largest absolute Gasteiger partial charge is 0.494 e. The number of benzene rings is 1. The third kappa shape index (κ3) is 4.41. The van der Waals surface area contributed by atoms with E-state index < -0.39 is 0 Å². The fourth-order valence-corrected chi connectivity index (χ4v) is 4.26. The van der Waals surface area contributed by atoms with Crippen LogP contribution in [-0.2, 0) is 5.75 Å². The van der Waals surface area contributed by atoms with Crippen molar-refractivity contribution in [3.8, 4) is 5.75 Å². The van der Waals surface area contributed by atoms with Crippen LogP contribution < -0.4 is 10.3 Å². The van der Waals surface area contributed by atoms with Gasteiger partial charge in [0.25, 0.3) is 5.56 Å². The minimum Gasteiger partial charge on any atom is -0.494 e. The number of thioether (sulfide) groups is 1. The lowest BCUT2D eigenvalue weighted by Gasteiger charge is -2.06. The summed E-state index contributed by atoms with van der Waals surface area (Å²) in [7, 11) is 0. The smallest absolute Gasteiger partial charge is 0.259 e. The molecule has 0 radical (unpaired) electrons. The van der Waals surface area contributed by atoms with Crippen LogP contribution in [0.5, 0.6) is 5.75 Å². The molecule has 132 valence electrons. The van der Waals surface area contributed by atoms with E-state index in [0.29, 0.717) is 29.3 Å². The van der Waals surface area contributed by atoms with Gasteiger partial charge in [0, 0.05) is 4.88 Å². The molecule has 25 heavy (non-hydrogen) atoms. The van der Waals surface area contributed by atoms with Crippen LogP contribution in [0.25, 0.3) is 10.2 Å². The highest BCUT2D eigenvalue weighted by atomic mass is 32.2. The maximum atomic E-state index is 12.8. The predicted octanol–water partition coefficient (Wildman–Crippen LogP) is 4.44. The number of hydrogen-bond acceptors (Lipinski definition) is 5. The SMILES string of the molecule is Cc1sc2nc(CSCCCOc3ccc(F)cc3)[nH]c(=O)c2c1C. The standard InChI is InChI=1S/C18H19FN2O2S2/c1-11-12(2)25-18-16(11)17(22)20-15(21-18)10-24-9-3-8-23-14-6-4-13(19)5-7-14/h4-7H,3,8-10H2,1-2H3,(H,20,21,22). The Morgan fingerprint density at radius 3 is 2.80 bits per heavy atom. The average Bonchev–Trinajstić information content (AvgIpc) is 2.87. The molecule has 0 fully saturated rings.